The number of nitrogens with zero attached hydrogens (tertiary/aromatic N) is 2. The van der Waals surface area contributed by atoms with Crippen LogP contribution in [0.25, 0.3) is 0 Å². The van der Waals surface area contributed by atoms with Gasteiger partial charge in [-0.3, -0.25) is 0 Å². The molecule has 0 radical (unpaired) electrons. The molecule has 2 atom stereocenters. The van der Waals surface area contributed by atoms with Crippen molar-refractivity contribution in [2.45, 2.75) is 57.5 Å². The Kier molecular flexibility index (Phi) is 5.40. The lowest BCUT2D eigenvalue weighted by molar-refractivity contribution is 0.540. The SMILES string of the molecule is CCC(NC)C(C)Sc1nc(C)c(C)c(C)n1. The molecule has 1 N–H and O–H groups in total. The Bertz CT molecular complexity index is 352. The van der Waals surface area contributed by atoms with Crippen LogP contribution in [0.15, 0.2) is 5.16 Å². The van der Waals surface area contributed by atoms with Crippen LogP contribution in [0.5, 0.6) is 0 Å². The minimum absolute atomic E-state index is 0.478. The summed E-state index contributed by atoms with van der Waals surface area (Å²) in [6.45, 7) is 10.6. The molecule has 3 nitrogen and oxygen atoms in total. The molecule has 0 aliphatic carbocycles. The van der Waals surface area contributed by atoms with Crippen molar-refractivity contribution in [3.63, 3.8) is 0 Å². The fourth-order valence-corrected chi connectivity index (χ4v) is 3.02. The van der Waals surface area contributed by atoms with Crippen molar-refractivity contribution in [1.82, 2.24) is 15.3 Å². The Morgan fingerprint density at radius 3 is 2.12 bits per heavy atom. The first-order valence-electron chi connectivity index (χ1n) is 6.15. The fourth-order valence-electron chi connectivity index (χ4n) is 1.81. The number of aryl methyl sites for hydroxylation is 2. The number of rotatable bonds is 5. The van der Waals surface area contributed by atoms with E-state index in [4.69, 9.17) is 0 Å². The molecule has 0 aliphatic rings. The van der Waals surface area contributed by atoms with Crippen LogP contribution in [0.4, 0.5) is 0 Å². The Hall–Kier alpha value is -0.610. The second kappa shape index (κ2) is 6.36. The van der Waals surface area contributed by atoms with E-state index >= 15 is 0 Å². The Balaban J connectivity index is 2.81. The van der Waals surface area contributed by atoms with Gasteiger partial charge in [0.15, 0.2) is 5.16 Å². The molecule has 2 unspecified atom stereocenters. The summed E-state index contributed by atoms with van der Waals surface area (Å²) in [5.74, 6) is 0. The molecule has 17 heavy (non-hydrogen) atoms. The van der Waals surface area contributed by atoms with Gasteiger partial charge in [0, 0.05) is 22.7 Å². The highest BCUT2D eigenvalue weighted by atomic mass is 32.2. The van der Waals surface area contributed by atoms with Gasteiger partial charge in [-0.25, -0.2) is 9.97 Å². The molecule has 0 aliphatic heterocycles. The summed E-state index contributed by atoms with van der Waals surface area (Å²) in [5.41, 5.74) is 3.37. The van der Waals surface area contributed by atoms with Gasteiger partial charge in [0.1, 0.15) is 0 Å². The van der Waals surface area contributed by atoms with Crippen LogP contribution < -0.4 is 5.32 Å². The number of hydrogen-bond acceptors (Lipinski definition) is 4. The standard InChI is InChI=1S/C13H23N3S/c1-7-12(14-6)11(5)17-13-15-9(3)8(2)10(4)16-13/h11-12,14H,7H2,1-6H3. The molecule has 0 bridgehead atoms. The molecule has 0 amide bonds. The van der Waals surface area contributed by atoms with Gasteiger partial charge in [-0.1, -0.05) is 25.6 Å². The first-order chi connectivity index (χ1) is 7.99. The molecule has 1 heterocycles. The predicted octanol–water partition coefficient (Wildman–Crippen LogP) is 2.88. The van der Waals surface area contributed by atoms with Crippen molar-refractivity contribution in [3.8, 4) is 0 Å². The van der Waals surface area contributed by atoms with Crippen LogP contribution >= 0.6 is 11.8 Å². The number of aromatic nitrogens is 2. The fraction of sp³-hybridized carbons (Fsp3) is 0.692. The van der Waals surface area contributed by atoms with Gasteiger partial charge in [0.25, 0.3) is 0 Å². The third-order valence-corrected chi connectivity index (χ3v) is 4.37. The van der Waals surface area contributed by atoms with Crippen molar-refractivity contribution >= 4 is 11.8 Å². The summed E-state index contributed by atoms with van der Waals surface area (Å²) < 4.78 is 0. The van der Waals surface area contributed by atoms with Crippen LogP contribution in [-0.2, 0) is 0 Å². The Labute approximate surface area is 109 Å². The topological polar surface area (TPSA) is 37.8 Å². The minimum atomic E-state index is 0.478. The lowest BCUT2D eigenvalue weighted by Gasteiger charge is -2.21. The zero-order valence-electron chi connectivity index (χ0n) is 11.7. The average Bonchev–Trinajstić information content (AvgIpc) is 2.27. The van der Waals surface area contributed by atoms with Gasteiger partial charge in [-0.05, 0) is 39.8 Å². The quantitative estimate of drug-likeness (QED) is 0.647. The van der Waals surface area contributed by atoms with E-state index in [2.05, 4.69) is 36.1 Å². The van der Waals surface area contributed by atoms with Crippen LogP contribution in [0.3, 0.4) is 0 Å². The molecule has 0 saturated heterocycles. The summed E-state index contributed by atoms with van der Waals surface area (Å²) in [4.78, 5) is 9.10. The van der Waals surface area contributed by atoms with E-state index in [9.17, 15) is 0 Å². The zero-order valence-corrected chi connectivity index (χ0v) is 12.5. The number of thioether (sulfide) groups is 1. The molecule has 96 valence electrons. The van der Waals surface area contributed by atoms with Crippen LogP contribution in [0.1, 0.15) is 37.2 Å². The predicted molar refractivity (Wildman–Crippen MR) is 74.7 cm³/mol. The normalized spacial score (nSPS) is 14.7. The Morgan fingerprint density at radius 1 is 1.18 bits per heavy atom. The van der Waals surface area contributed by atoms with E-state index in [0.717, 1.165) is 23.0 Å². The van der Waals surface area contributed by atoms with Gasteiger partial charge >= 0.3 is 0 Å². The van der Waals surface area contributed by atoms with Crippen molar-refractivity contribution in [2.24, 2.45) is 0 Å². The summed E-state index contributed by atoms with van der Waals surface area (Å²) in [5, 5.41) is 4.71. The molecule has 1 aromatic heterocycles. The smallest absolute Gasteiger partial charge is 0.188 e. The zero-order chi connectivity index (χ0) is 13.0. The van der Waals surface area contributed by atoms with Crippen LogP contribution in [0.2, 0.25) is 0 Å². The minimum Gasteiger partial charge on any atom is -0.316 e. The summed E-state index contributed by atoms with van der Waals surface area (Å²) in [6.07, 6.45) is 1.12. The first-order valence-corrected chi connectivity index (χ1v) is 7.03. The summed E-state index contributed by atoms with van der Waals surface area (Å²) in [7, 11) is 2.01. The van der Waals surface area contributed by atoms with Crippen LogP contribution in [0, 0.1) is 20.8 Å². The second-order valence-electron chi connectivity index (χ2n) is 4.43. The van der Waals surface area contributed by atoms with Crippen molar-refractivity contribution in [1.29, 1.82) is 0 Å². The molecule has 1 rings (SSSR count). The van der Waals surface area contributed by atoms with Crippen molar-refractivity contribution in [3.05, 3.63) is 17.0 Å². The number of nitrogens with one attached hydrogen (secondary N) is 1. The van der Waals surface area contributed by atoms with E-state index in [-0.39, 0.29) is 0 Å². The van der Waals surface area contributed by atoms with Gasteiger partial charge in [-0.15, -0.1) is 0 Å². The highest BCUT2D eigenvalue weighted by molar-refractivity contribution is 7.99. The maximum absolute atomic E-state index is 4.55. The van der Waals surface area contributed by atoms with Gasteiger partial charge in [0.2, 0.25) is 0 Å². The van der Waals surface area contributed by atoms with E-state index in [0.29, 0.717) is 11.3 Å². The molecule has 1 aromatic rings. The van der Waals surface area contributed by atoms with Crippen LogP contribution in [-0.4, -0.2) is 28.3 Å². The number of hydrogen-bond donors (Lipinski definition) is 1. The van der Waals surface area contributed by atoms with E-state index in [1.807, 2.05) is 20.9 Å². The molecule has 0 aromatic carbocycles. The van der Waals surface area contributed by atoms with E-state index in [1.165, 1.54) is 5.56 Å². The summed E-state index contributed by atoms with van der Waals surface area (Å²) >= 11 is 1.75. The molecule has 4 heteroatoms. The van der Waals surface area contributed by atoms with Gasteiger partial charge in [0.05, 0.1) is 0 Å². The van der Waals surface area contributed by atoms with Gasteiger partial charge in [-0.2, -0.15) is 0 Å². The first kappa shape index (κ1) is 14.5. The molecular weight excluding hydrogens is 230 g/mol. The monoisotopic (exact) mass is 253 g/mol. The van der Waals surface area contributed by atoms with Crippen molar-refractivity contribution in [2.75, 3.05) is 7.05 Å². The Morgan fingerprint density at radius 2 is 1.71 bits per heavy atom. The second-order valence-corrected chi connectivity index (χ2v) is 5.77. The molecular formula is C13H23N3S. The largest absolute Gasteiger partial charge is 0.316 e. The summed E-state index contributed by atoms with van der Waals surface area (Å²) in [6, 6.07) is 0.505. The third-order valence-electron chi connectivity index (χ3n) is 3.28. The third kappa shape index (κ3) is 3.68. The lowest BCUT2D eigenvalue weighted by Crippen LogP contribution is -2.33. The highest BCUT2D eigenvalue weighted by Crippen LogP contribution is 2.24. The maximum Gasteiger partial charge on any atom is 0.188 e. The van der Waals surface area contributed by atoms with Gasteiger partial charge < -0.3 is 5.32 Å². The maximum atomic E-state index is 4.55. The molecule has 0 fully saturated rings. The highest BCUT2D eigenvalue weighted by Gasteiger charge is 2.16. The average molecular weight is 253 g/mol. The van der Waals surface area contributed by atoms with Crippen molar-refractivity contribution < 1.29 is 0 Å². The lowest BCUT2D eigenvalue weighted by atomic mass is 10.2. The molecule has 0 spiro atoms. The molecule has 0 saturated carbocycles. The van der Waals surface area contributed by atoms with E-state index in [1.54, 1.807) is 11.8 Å². The van der Waals surface area contributed by atoms with E-state index < -0.39 is 0 Å².